The molecule has 1 aromatic heterocycles. The SMILES string of the molecule is O=C(/C=C/c1nc2ccccc2s1)Nc1cc(F)ccc1F. The molecule has 0 aliphatic heterocycles. The second-order valence-electron chi connectivity index (χ2n) is 4.47. The number of anilines is 1. The van der Waals surface area contributed by atoms with Crippen LogP contribution in [0.2, 0.25) is 0 Å². The Morgan fingerprint density at radius 1 is 1.18 bits per heavy atom. The number of nitrogens with zero attached hydrogens (tertiary/aromatic N) is 1. The van der Waals surface area contributed by atoms with Gasteiger partial charge < -0.3 is 5.32 Å². The van der Waals surface area contributed by atoms with Gasteiger partial charge in [-0.15, -0.1) is 11.3 Å². The van der Waals surface area contributed by atoms with E-state index in [1.54, 1.807) is 0 Å². The van der Waals surface area contributed by atoms with Gasteiger partial charge in [0.05, 0.1) is 15.9 Å². The Morgan fingerprint density at radius 3 is 2.82 bits per heavy atom. The average Bonchev–Trinajstić information content (AvgIpc) is 2.92. The quantitative estimate of drug-likeness (QED) is 0.735. The van der Waals surface area contributed by atoms with Crippen molar-refractivity contribution in [1.82, 2.24) is 4.98 Å². The Balaban J connectivity index is 1.74. The van der Waals surface area contributed by atoms with Gasteiger partial charge in [0, 0.05) is 12.1 Å². The number of amides is 1. The molecule has 0 spiro atoms. The topological polar surface area (TPSA) is 42.0 Å². The molecular formula is C16H10F2N2OS. The standard InChI is InChI=1S/C16H10F2N2OS/c17-10-5-6-11(18)13(9-10)19-15(21)7-8-16-20-12-3-1-2-4-14(12)22-16/h1-9H,(H,19,21)/b8-7+. The third kappa shape index (κ3) is 3.17. The van der Waals surface area contributed by atoms with Gasteiger partial charge in [0.1, 0.15) is 16.6 Å². The number of benzene rings is 2. The van der Waals surface area contributed by atoms with Crippen molar-refractivity contribution in [2.24, 2.45) is 0 Å². The fourth-order valence-electron chi connectivity index (χ4n) is 1.88. The van der Waals surface area contributed by atoms with Gasteiger partial charge in [0.15, 0.2) is 0 Å². The summed E-state index contributed by atoms with van der Waals surface area (Å²) in [5.41, 5.74) is 0.655. The number of carbonyl (C=O) groups excluding carboxylic acids is 1. The Labute approximate surface area is 128 Å². The molecule has 3 rings (SSSR count). The van der Waals surface area contributed by atoms with Crippen LogP contribution < -0.4 is 5.32 Å². The number of nitrogens with one attached hydrogen (secondary N) is 1. The van der Waals surface area contributed by atoms with E-state index in [-0.39, 0.29) is 5.69 Å². The summed E-state index contributed by atoms with van der Waals surface area (Å²) >= 11 is 1.44. The Hall–Kier alpha value is -2.60. The molecule has 1 N–H and O–H groups in total. The van der Waals surface area contributed by atoms with Gasteiger partial charge >= 0.3 is 0 Å². The Kier molecular flexibility index (Phi) is 3.93. The van der Waals surface area contributed by atoms with Crippen molar-refractivity contribution in [3.63, 3.8) is 0 Å². The molecule has 0 radical (unpaired) electrons. The molecule has 1 amide bonds. The van der Waals surface area contributed by atoms with Crippen LogP contribution in [0.4, 0.5) is 14.5 Å². The molecule has 1 heterocycles. The zero-order valence-electron chi connectivity index (χ0n) is 11.2. The van der Waals surface area contributed by atoms with Crippen molar-refractivity contribution < 1.29 is 13.6 Å². The lowest BCUT2D eigenvalue weighted by Gasteiger charge is -2.03. The van der Waals surface area contributed by atoms with E-state index in [1.807, 2.05) is 24.3 Å². The smallest absolute Gasteiger partial charge is 0.248 e. The van der Waals surface area contributed by atoms with Gasteiger partial charge in [-0.2, -0.15) is 0 Å². The van der Waals surface area contributed by atoms with Crippen molar-refractivity contribution >= 4 is 39.2 Å². The van der Waals surface area contributed by atoms with E-state index >= 15 is 0 Å². The summed E-state index contributed by atoms with van der Waals surface area (Å²) in [6, 6.07) is 10.5. The molecule has 3 aromatic rings. The van der Waals surface area contributed by atoms with Crippen LogP contribution in [0.5, 0.6) is 0 Å². The zero-order chi connectivity index (χ0) is 15.5. The first-order valence-corrected chi connectivity index (χ1v) is 7.23. The fraction of sp³-hybridized carbons (Fsp3) is 0. The molecule has 110 valence electrons. The number of thiazole rings is 1. The second kappa shape index (κ2) is 6.03. The van der Waals surface area contributed by atoms with E-state index in [4.69, 9.17) is 0 Å². The lowest BCUT2D eigenvalue weighted by Crippen LogP contribution is -2.09. The maximum atomic E-state index is 13.4. The van der Waals surface area contributed by atoms with Crippen LogP contribution in [0.3, 0.4) is 0 Å². The largest absolute Gasteiger partial charge is 0.320 e. The fourth-order valence-corrected chi connectivity index (χ4v) is 2.75. The summed E-state index contributed by atoms with van der Waals surface area (Å²) in [5, 5.41) is 2.95. The maximum Gasteiger partial charge on any atom is 0.248 e. The highest BCUT2D eigenvalue weighted by molar-refractivity contribution is 7.19. The Bertz CT molecular complexity index is 840. The van der Waals surface area contributed by atoms with Gasteiger partial charge in [-0.1, -0.05) is 12.1 Å². The lowest BCUT2D eigenvalue weighted by molar-refractivity contribution is -0.111. The number of hydrogen-bond donors (Lipinski definition) is 1. The van der Waals surface area contributed by atoms with Gasteiger partial charge in [-0.25, -0.2) is 13.8 Å². The number of rotatable bonds is 3. The highest BCUT2D eigenvalue weighted by atomic mass is 32.1. The first-order valence-electron chi connectivity index (χ1n) is 6.41. The normalized spacial score (nSPS) is 11.2. The third-order valence-electron chi connectivity index (χ3n) is 2.87. The molecule has 0 atom stereocenters. The van der Waals surface area contributed by atoms with Crippen molar-refractivity contribution in [1.29, 1.82) is 0 Å². The number of halogens is 2. The van der Waals surface area contributed by atoms with Crippen molar-refractivity contribution in [3.05, 3.63) is 65.2 Å². The lowest BCUT2D eigenvalue weighted by atomic mass is 10.3. The van der Waals surface area contributed by atoms with Gasteiger partial charge in [-0.3, -0.25) is 4.79 Å². The minimum absolute atomic E-state index is 0.195. The first kappa shape index (κ1) is 14.3. The molecule has 0 saturated carbocycles. The highest BCUT2D eigenvalue weighted by Crippen LogP contribution is 2.22. The van der Waals surface area contributed by atoms with E-state index < -0.39 is 17.5 Å². The predicted molar refractivity (Wildman–Crippen MR) is 83.6 cm³/mol. The van der Waals surface area contributed by atoms with E-state index in [9.17, 15) is 13.6 Å². The molecule has 0 unspecified atom stereocenters. The van der Waals surface area contributed by atoms with Gasteiger partial charge in [0.2, 0.25) is 5.91 Å². The zero-order valence-corrected chi connectivity index (χ0v) is 12.0. The summed E-state index contributed by atoms with van der Waals surface area (Å²) in [6.07, 6.45) is 2.78. The molecule has 0 aliphatic carbocycles. The molecule has 22 heavy (non-hydrogen) atoms. The van der Waals surface area contributed by atoms with Crippen LogP contribution in [0.15, 0.2) is 48.5 Å². The maximum absolute atomic E-state index is 13.4. The molecule has 0 aliphatic rings. The van der Waals surface area contributed by atoms with Crippen LogP contribution >= 0.6 is 11.3 Å². The number of hydrogen-bond acceptors (Lipinski definition) is 3. The molecule has 3 nitrogen and oxygen atoms in total. The van der Waals surface area contributed by atoms with Crippen LogP contribution in [0, 0.1) is 11.6 Å². The Morgan fingerprint density at radius 2 is 2.00 bits per heavy atom. The van der Waals surface area contributed by atoms with Crippen molar-refractivity contribution in [2.45, 2.75) is 0 Å². The molecule has 0 saturated heterocycles. The van der Waals surface area contributed by atoms with E-state index in [0.29, 0.717) is 5.01 Å². The van der Waals surface area contributed by atoms with Crippen molar-refractivity contribution in [3.8, 4) is 0 Å². The third-order valence-corrected chi connectivity index (χ3v) is 3.88. The monoisotopic (exact) mass is 316 g/mol. The molecule has 0 fully saturated rings. The van der Waals surface area contributed by atoms with Crippen LogP contribution in [-0.2, 0) is 4.79 Å². The number of fused-ring (bicyclic) bond motifs is 1. The second-order valence-corrected chi connectivity index (χ2v) is 5.53. The number of aromatic nitrogens is 1. The summed E-state index contributed by atoms with van der Waals surface area (Å²) in [5.74, 6) is -1.86. The van der Waals surface area contributed by atoms with Crippen LogP contribution in [0.25, 0.3) is 16.3 Å². The van der Waals surface area contributed by atoms with Crippen molar-refractivity contribution in [2.75, 3.05) is 5.32 Å². The van der Waals surface area contributed by atoms with E-state index in [0.717, 1.165) is 28.4 Å². The first-order chi connectivity index (χ1) is 10.6. The average molecular weight is 316 g/mol. The number of carbonyl (C=O) groups is 1. The molecule has 0 bridgehead atoms. The van der Waals surface area contributed by atoms with Gasteiger partial charge in [-0.05, 0) is 30.3 Å². The summed E-state index contributed by atoms with van der Waals surface area (Å²) in [6.45, 7) is 0. The molecular weight excluding hydrogens is 306 g/mol. The van der Waals surface area contributed by atoms with E-state index in [2.05, 4.69) is 10.3 Å². The summed E-state index contributed by atoms with van der Waals surface area (Å²) in [7, 11) is 0. The van der Waals surface area contributed by atoms with E-state index in [1.165, 1.54) is 23.5 Å². The minimum Gasteiger partial charge on any atom is -0.320 e. The predicted octanol–water partition coefficient (Wildman–Crippen LogP) is 4.23. The summed E-state index contributed by atoms with van der Waals surface area (Å²) < 4.78 is 27.5. The minimum atomic E-state index is -0.692. The van der Waals surface area contributed by atoms with Crippen LogP contribution in [-0.4, -0.2) is 10.9 Å². The summed E-state index contributed by atoms with van der Waals surface area (Å²) in [4.78, 5) is 16.1. The van der Waals surface area contributed by atoms with Crippen LogP contribution in [0.1, 0.15) is 5.01 Å². The molecule has 2 aromatic carbocycles. The van der Waals surface area contributed by atoms with Gasteiger partial charge in [0.25, 0.3) is 0 Å². The number of para-hydroxylation sites is 1. The highest BCUT2D eigenvalue weighted by Gasteiger charge is 2.06. The molecule has 6 heteroatoms.